The number of allylic oxidation sites excluding steroid dienone is 4. The summed E-state index contributed by atoms with van der Waals surface area (Å²) in [6.07, 6.45) is 6.37. The van der Waals surface area contributed by atoms with Crippen LogP contribution in [0.15, 0.2) is 61.2 Å². The molecule has 1 aromatic carbocycles. The first-order valence-corrected chi connectivity index (χ1v) is 15.2. The Kier molecular flexibility index (Phi) is 15.3. The Hall–Kier alpha value is -2.22. The van der Waals surface area contributed by atoms with Gasteiger partial charge in [0.1, 0.15) is 6.29 Å². The molecule has 0 N–H and O–H groups in total. The number of halogens is 3. The van der Waals surface area contributed by atoms with E-state index in [2.05, 4.69) is 48.8 Å². The number of piperidine rings is 1. The highest BCUT2D eigenvalue weighted by molar-refractivity contribution is 5.71. The van der Waals surface area contributed by atoms with E-state index in [9.17, 15) is 18.0 Å². The normalized spacial score (nSPS) is 22.4. The third-order valence-corrected chi connectivity index (χ3v) is 8.37. The zero-order valence-electron chi connectivity index (χ0n) is 26.6. The van der Waals surface area contributed by atoms with Gasteiger partial charge in [0.2, 0.25) is 0 Å². The fourth-order valence-corrected chi connectivity index (χ4v) is 5.34. The molecule has 1 aromatic rings. The van der Waals surface area contributed by atoms with E-state index >= 15 is 0 Å². The van der Waals surface area contributed by atoms with Crippen molar-refractivity contribution in [3.05, 3.63) is 72.4 Å². The van der Waals surface area contributed by atoms with E-state index in [0.717, 1.165) is 63.0 Å². The third kappa shape index (κ3) is 10.5. The van der Waals surface area contributed by atoms with Gasteiger partial charge in [0.05, 0.1) is 11.0 Å². The molecule has 0 bridgehead atoms. The van der Waals surface area contributed by atoms with Gasteiger partial charge in [-0.15, -0.1) is 0 Å². The molecule has 2 aliphatic heterocycles. The van der Waals surface area contributed by atoms with Gasteiger partial charge in [0.15, 0.2) is 0 Å². The maximum atomic E-state index is 12.7. The molecule has 0 amide bonds. The van der Waals surface area contributed by atoms with Crippen LogP contribution in [0.5, 0.6) is 0 Å². The van der Waals surface area contributed by atoms with Gasteiger partial charge >= 0.3 is 6.18 Å². The molecule has 41 heavy (non-hydrogen) atoms. The molecule has 1 saturated carbocycles. The zero-order chi connectivity index (χ0) is 31.3. The van der Waals surface area contributed by atoms with Crippen LogP contribution in [0.3, 0.4) is 0 Å². The Morgan fingerprint density at radius 3 is 1.95 bits per heavy atom. The molecule has 3 fully saturated rings. The van der Waals surface area contributed by atoms with Crippen LogP contribution in [-0.4, -0.2) is 72.3 Å². The molecule has 3 aliphatic rings. The topological polar surface area (TPSA) is 26.8 Å². The average Bonchev–Trinajstić information content (AvgIpc) is 3.78. The monoisotopic (exact) mass is 577 g/mol. The van der Waals surface area contributed by atoms with E-state index in [1.807, 2.05) is 33.8 Å². The van der Waals surface area contributed by atoms with E-state index < -0.39 is 11.7 Å². The Bertz CT molecular complexity index is 958. The third-order valence-electron chi connectivity index (χ3n) is 8.37. The van der Waals surface area contributed by atoms with Gasteiger partial charge in [-0.25, -0.2) is 0 Å². The van der Waals surface area contributed by atoms with Crippen molar-refractivity contribution in [1.82, 2.24) is 14.7 Å². The first-order valence-electron chi connectivity index (χ1n) is 15.2. The SMILES string of the molecule is C=C/C=C(\C=C)C1(C=O)CC1.CC.CC.CC1CN(C2(C)CCN(C)CC2)CCN1Cc1ccc(C(F)(F)F)cc1. The maximum Gasteiger partial charge on any atom is 0.416 e. The molecule has 2 heterocycles. The lowest BCUT2D eigenvalue weighted by Crippen LogP contribution is -2.61. The molecule has 232 valence electrons. The molecule has 7 heteroatoms. The first-order chi connectivity index (χ1) is 19.5. The second kappa shape index (κ2) is 17.0. The van der Waals surface area contributed by atoms with Crippen molar-refractivity contribution in [3.8, 4) is 0 Å². The molecule has 0 spiro atoms. The minimum Gasteiger partial charge on any atom is -0.306 e. The molecule has 1 unspecified atom stereocenters. The van der Waals surface area contributed by atoms with Gasteiger partial charge in [-0.05, 0) is 82.9 Å². The summed E-state index contributed by atoms with van der Waals surface area (Å²) in [7, 11) is 2.18. The van der Waals surface area contributed by atoms with Crippen LogP contribution < -0.4 is 0 Å². The minimum absolute atomic E-state index is 0.198. The highest BCUT2D eigenvalue weighted by Gasteiger charge is 2.44. The van der Waals surface area contributed by atoms with Crippen molar-refractivity contribution in [2.45, 2.75) is 91.5 Å². The van der Waals surface area contributed by atoms with Crippen LogP contribution in [0.25, 0.3) is 0 Å². The molecule has 4 rings (SSSR count). The van der Waals surface area contributed by atoms with Crippen molar-refractivity contribution >= 4 is 6.29 Å². The lowest BCUT2D eigenvalue weighted by molar-refractivity contribution is -0.137. The molecule has 4 nitrogen and oxygen atoms in total. The Morgan fingerprint density at radius 2 is 1.54 bits per heavy atom. The van der Waals surface area contributed by atoms with E-state index in [4.69, 9.17) is 0 Å². The van der Waals surface area contributed by atoms with Gasteiger partial charge in [0, 0.05) is 37.8 Å². The summed E-state index contributed by atoms with van der Waals surface area (Å²) in [5.41, 5.74) is 1.46. The summed E-state index contributed by atoms with van der Waals surface area (Å²) < 4.78 is 38.1. The molecular formula is C34H54F3N3O. The fraction of sp³-hybridized carbons (Fsp3) is 0.618. The number of carbonyl (C=O) groups excluding carboxylic acids is 1. The van der Waals surface area contributed by atoms with Gasteiger partial charge in [0.25, 0.3) is 0 Å². The van der Waals surface area contributed by atoms with Gasteiger partial charge in [-0.1, -0.05) is 71.2 Å². The highest BCUT2D eigenvalue weighted by Crippen LogP contribution is 2.50. The largest absolute Gasteiger partial charge is 0.416 e. The van der Waals surface area contributed by atoms with Crippen molar-refractivity contribution in [3.63, 3.8) is 0 Å². The predicted octanol–water partition coefficient (Wildman–Crippen LogP) is 8.01. The molecule has 1 aliphatic carbocycles. The number of nitrogens with zero attached hydrogens (tertiary/aromatic N) is 3. The number of hydrogen-bond donors (Lipinski definition) is 0. The standard InChI is InChI=1S/C20H30F3N3.C10H12O.2C2H6/c1-16-14-26(19(2)8-10-24(3)11-9-19)13-12-25(16)15-17-4-6-18(7-5-17)20(21,22)23;1-3-5-9(4-2)10(8-11)6-7-10;2*1-2/h4-7,16H,8-15H2,1-3H3;3-5,8H,1-2,6-7H2;2*1-2H3/b;9-5+;;. The number of alkyl halides is 3. The molecule has 2 saturated heterocycles. The maximum absolute atomic E-state index is 12.7. The van der Waals surface area contributed by atoms with E-state index in [1.54, 1.807) is 24.3 Å². The van der Waals surface area contributed by atoms with Crippen molar-refractivity contribution in [1.29, 1.82) is 0 Å². The lowest BCUT2D eigenvalue weighted by Gasteiger charge is -2.51. The number of piperazine rings is 1. The summed E-state index contributed by atoms with van der Waals surface area (Å²) >= 11 is 0. The van der Waals surface area contributed by atoms with E-state index in [0.29, 0.717) is 12.6 Å². The average molecular weight is 578 g/mol. The van der Waals surface area contributed by atoms with Crippen LogP contribution in [-0.2, 0) is 17.5 Å². The summed E-state index contributed by atoms with van der Waals surface area (Å²) in [5.74, 6) is 0. The molecular weight excluding hydrogens is 523 g/mol. The number of aldehydes is 1. The van der Waals surface area contributed by atoms with Crippen molar-refractivity contribution in [2.75, 3.05) is 39.8 Å². The second-order valence-electron chi connectivity index (χ2n) is 11.1. The smallest absolute Gasteiger partial charge is 0.306 e. The predicted molar refractivity (Wildman–Crippen MR) is 167 cm³/mol. The second-order valence-corrected chi connectivity index (χ2v) is 11.1. The number of benzene rings is 1. The summed E-state index contributed by atoms with van der Waals surface area (Å²) in [4.78, 5) is 18.1. The fourth-order valence-electron chi connectivity index (χ4n) is 5.34. The first kappa shape index (κ1) is 36.8. The molecule has 0 aromatic heterocycles. The van der Waals surface area contributed by atoms with Gasteiger partial charge < -0.3 is 9.69 Å². The number of carbonyl (C=O) groups is 1. The Labute approximate surface area is 248 Å². The van der Waals surface area contributed by atoms with Crippen LogP contribution in [0, 0.1) is 5.41 Å². The Morgan fingerprint density at radius 1 is 0.976 bits per heavy atom. The highest BCUT2D eigenvalue weighted by atomic mass is 19.4. The van der Waals surface area contributed by atoms with Gasteiger partial charge in [-0.3, -0.25) is 9.80 Å². The summed E-state index contributed by atoms with van der Waals surface area (Å²) in [6.45, 7) is 25.9. The van der Waals surface area contributed by atoms with Gasteiger partial charge in [-0.2, -0.15) is 13.2 Å². The van der Waals surface area contributed by atoms with Crippen LogP contribution in [0.2, 0.25) is 0 Å². The van der Waals surface area contributed by atoms with Crippen LogP contribution >= 0.6 is 0 Å². The zero-order valence-corrected chi connectivity index (χ0v) is 26.6. The van der Waals surface area contributed by atoms with Crippen LogP contribution in [0.1, 0.15) is 78.4 Å². The molecule has 0 radical (unpaired) electrons. The number of rotatable bonds is 7. The quantitative estimate of drug-likeness (QED) is 0.242. The number of hydrogen-bond acceptors (Lipinski definition) is 4. The minimum atomic E-state index is -4.26. The summed E-state index contributed by atoms with van der Waals surface area (Å²) in [5, 5.41) is 0. The van der Waals surface area contributed by atoms with Crippen molar-refractivity contribution < 1.29 is 18.0 Å². The number of likely N-dealkylation sites (tertiary alicyclic amines) is 1. The van der Waals surface area contributed by atoms with E-state index in [-0.39, 0.29) is 11.0 Å². The lowest BCUT2D eigenvalue weighted by atomic mass is 9.86. The van der Waals surface area contributed by atoms with E-state index in [1.165, 1.54) is 25.0 Å². The van der Waals surface area contributed by atoms with Crippen LogP contribution in [0.4, 0.5) is 13.2 Å². The Balaban J connectivity index is 0.000000468. The van der Waals surface area contributed by atoms with Crippen molar-refractivity contribution in [2.24, 2.45) is 5.41 Å². The molecule has 1 atom stereocenters. The summed E-state index contributed by atoms with van der Waals surface area (Å²) in [6, 6.07) is 6.01.